The standard InChI is InChI=1S/C12H18N2O2S/c1-4-9(7-17-3)14-11-10(12(15)16)8(2)5-6-13-11/h5-6,9H,4,7H2,1-3H3,(H,13,14)(H,15,16). The Hall–Kier alpha value is -1.23. The van der Waals surface area contributed by atoms with E-state index in [1.807, 2.05) is 6.26 Å². The van der Waals surface area contributed by atoms with Gasteiger partial charge in [0.05, 0.1) is 0 Å². The molecule has 1 heterocycles. The second-order valence-electron chi connectivity index (χ2n) is 3.86. The van der Waals surface area contributed by atoms with Crippen LogP contribution in [-0.2, 0) is 0 Å². The van der Waals surface area contributed by atoms with Gasteiger partial charge in [0.1, 0.15) is 11.4 Å². The molecule has 0 spiro atoms. The first-order valence-corrected chi connectivity index (χ1v) is 6.93. The molecule has 1 aromatic heterocycles. The maximum Gasteiger partial charge on any atom is 0.339 e. The van der Waals surface area contributed by atoms with Crippen molar-refractivity contribution in [1.29, 1.82) is 0 Å². The smallest absolute Gasteiger partial charge is 0.339 e. The molecule has 4 nitrogen and oxygen atoms in total. The van der Waals surface area contributed by atoms with Crippen LogP contribution in [0, 0.1) is 6.92 Å². The number of anilines is 1. The van der Waals surface area contributed by atoms with Crippen LogP contribution in [0.25, 0.3) is 0 Å². The Bertz CT molecular complexity index is 396. The Kier molecular flexibility index (Phi) is 5.28. The number of carboxylic acids is 1. The Balaban J connectivity index is 2.97. The van der Waals surface area contributed by atoms with E-state index in [1.54, 1.807) is 30.9 Å². The number of nitrogens with zero attached hydrogens (tertiary/aromatic N) is 1. The lowest BCUT2D eigenvalue weighted by molar-refractivity contribution is 0.0697. The van der Waals surface area contributed by atoms with Crippen LogP contribution in [0.3, 0.4) is 0 Å². The van der Waals surface area contributed by atoms with E-state index in [0.29, 0.717) is 5.82 Å². The van der Waals surface area contributed by atoms with Gasteiger partial charge in [0.2, 0.25) is 0 Å². The maximum atomic E-state index is 11.2. The summed E-state index contributed by atoms with van der Waals surface area (Å²) in [5.74, 6) is 0.473. The third-order valence-electron chi connectivity index (χ3n) is 2.57. The highest BCUT2D eigenvalue weighted by Gasteiger charge is 2.16. The zero-order chi connectivity index (χ0) is 12.8. The Morgan fingerprint density at radius 1 is 1.65 bits per heavy atom. The lowest BCUT2D eigenvalue weighted by Gasteiger charge is -2.18. The second-order valence-corrected chi connectivity index (χ2v) is 4.77. The van der Waals surface area contributed by atoms with E-state index in [1.165, 1.54) is 0 Å². The number of hydrogen-bond acceptors (Lipinski definition) is 4. The molecule has 0 saturated heterocycles. The molecule has 0 saturated carbocycles. The number of carbonyl (C=O) groups is 1. The van der Waals surface area contributed by atoms with Crippen LogP contribution in [0.4, 0.5) is 5.82 Å². The van der Waals surface area contributed by atoms with Gasteiger partial charge in [-0.1, -0.05) is 6.92 Å². The van der Waals surface area contributed by atoms with Crippen molar-refractivity contribution < 1.29 is 9.90 Å². The van der Waals surface area contributed by atoms with Gasteiger partial charge in [0.25, 0.3) is 0 Å². The number of aromatic carboxylic acids is 1. The van der Waals surface area contributed by atoms with Gasteiger partial charge in [-0.3, -0.25) is 0 Å². The van der Waals surface area contributed by atoms with Crippen molar-refractivity contribution in [2.45, 2.75) is 26.3 Å². The molecule has 1 aromatic rings. The summed E-state index contributed by atoms with van der Waals surface area (Å²) in [6, 6.07) is 1.96. The quantitative estimate of drug-likeness (QED) is 0.817. The fourth-order valence-corrected chi connectivity index (χ4v) is 2.32. The molecule has 2 N–H and O–H groups in total. The molecule has 0 aliphatic carbocycles. The highest BCUT2D eigenvalue weighted by atomic mass is 32.2. The van der Waals surface area contributed by atoms with Crippen LogP contribution in [-0.4, -0.2) is 34.1 Å². The largest absolute Gasteiger partial charge is 0.478 e. The molecule has 0 radical (unpaired) electrons. The van der Waals surface area contributed by atoms with Crippen molar-refractivity contribution in [2.24, 2.45) is 0 Å². The summed E-state index contributed by atoms with van der Waals surface area (Å²) in [6.45, 7) is 3.86. The fraction of sp³-hybridized carbons (Fsp3) is 0.500. The summed E-state index contributed by atoms with van der Waals surface area (Å²) in [6.07, 6.45) is 4.61. The highest BCUT2D eigenvalue weighted by Crippen LogP contribution is 2.18. The lowest BCUT2D eigenvalue weighted by Crippen LogP contribution is -2.23. The normalized spacial score (nSPS) is 12.2. The Morgan fingerprint density at radius 3 is 2.88 bits per heavy atom. The van der Waals surface area contributed by atoms with E-state index >= 15 is 0 Å². The summed E-state index contributed by atoms with van der Waals surface area (Å²) in [5, 5.41) is 12.4. The number of thioether (sulfide) groups is 1. The van der Waals surface area contributed by atoms with Crippen LogP contribution < -0.4 is 5.32 Å². The molecular weight excluding hydrogens is 236 g/mol. The molecule has 5 heteroatoms. The van der Waals surface area contributed by atoms with Gasteiger partial charge in [-0.25, -0.2) is 9.78 Å². The number of nitrogens with one attached hydrogen (secondary N) is 1. The van der Waals surface area contributed by atoms with Crippen LogP contribution in [0.15, 0.2) is 12.3 Å². The Morgan fingerprint density at radius 2 is 2.35 bits per heavy atom. The van der Waals surface area contributed by atoms with Crippen molar-refractivity contribution >= 4 is 23.5 Å². The molecular formula is C12H18N2O2S. The lowest BCUT2D eigenvalue weighted by atomic mass is 10.1. The summed E-state index contributed by atoms with van der Waals surface area (Å²) >= 11 is 1.73. The summed E-state index contributed by atoms with van der Waals surface area (Å²) in [5.41, 5.74) is 1.00. The minimum absolute atomic E-state index is 0.248. The van der Waals surface area contributed by atoms with Gasteiger partial charge >= 0.3 is 5.97 Å². The predicted molar refractivity (Wildman–Crippen MR) is 72.0 cm³/mol. The molecule has 94 valence electrons. The van der Waals surface area contributed by atoms with E-state index in [4.69, 9.17) is 0 Å². The van der Waals surface area contributed by atoms with E-state index < -0.39 is 5.97 Å². The highest BCUT2D eigenvalue weighted by molar-refractivity contribution is 7.98. The average molecular weight is 254 g/mol. The summed E-state index contributed by atoms with van der Waals surface area (Å²) in [4.78, 5) is 15.3. The summed E-state index contributed by atoms with van der Waals surface area (Å²) in [7, 11) is 0. The van der Waals surface area contributed by atoms with Gasteiger partial charge < -0.3 is 10.4 Å². The van der Waals surface area contributed by atoms with E-state index in [0.717, 1.165) is 17.7 Å². The molecule has 0 aliphatic rings. The maximum absolute atomic E-state index is 11.2. The molecule has 0 aromatic carbocycles. The number of pyridine rings is 1. The molecule has 1 unspecified atom stereocenters. The zero-order valence-corrected chi connectivity index (χ0v) is 11.2. The monoisotopic (exact) mass is 254 g/mol. The SMILES string of the molecule is CCC(CSC)Nc1nccc(C)c1C(=O)O. The number of aryl methyl sites for hydroxylation is 1. The van der Waals surface area contributed by atoms with Crippen LogP contribution in [0.5, 0.6) is 0 Å². The second kappa shape index (κ2) is 6.49. The number of aromatic nitrogens is 1. The molecule has 0 aliphatic heterocycles. The van der Waals surface area contributed by atoms with Gasteiger partial charge in [0.15, 0.2) is 0 Å². The third-order valence-corrected chi connectivity index (χ3v) is 3.31. The topological polar surface area (TPSA) is 62.2 Å². The van der Waals surface area contributed by atoms with E-state index in [9.17, 15) is 9.90 Å². The van der Waals surface area contributed by atoms with Crippen LogP contribution in [0.2, 0.25) is 0 Å². The van der Waals surface area contributed by atoms with Gasteiger partial charge in [0, 0.05) is 18.0 Å². The Labute approximate surface area is 106 Å². The van der Waals surface area contributed by atoms with Crippen molar-refractivity contribution in [3.05, 3.63) is 23.4 Å². The first kappa shape index (κ1) is 13.8. The first-order chi connectivity index (χ1) is 8.10. The van der Waals surface area contributed by atoms with Gasteiger partial charge in [-0.2, -0.15) is 11.8 Å². The summed E-state index contributed by atoms with van der Waals surface area (Å²) < 4.78 is 0. The molecule has 0 amide bonds. The third kappa shape index (κ3) is 3.63. The van der Waals surface area contributed by atoms with E-state index in [-0.39, 0.29) is 11.6 Å². The minimum atomic E-state index is -0.933. The number of rotatable bonds is 6. The van der Waals surface area contributed by atoms with Crippen molar-refractivity contribution in [2.75, 3.05) is 17.3 Å². The van der Waals surface area contributed by atoms with Crippen LogP contribution in [0.1, 0.15) is 29.3 Å². The van der Waals surface area contributed by atoms with Crippen LogP contribution >= 0.6 is 11.8 Å². The van der Waals surface area contributed by atoms with Crippen molar-refractivity contribution in [1.82, 2.24) is 4.98 Å². The molecule has 0 fully saturated rings. The van der Waals surface area contributed by atoms with Gasteiger partial charge in [-0.05, 0) is 31.2 Å². The zero-order valence-electron chi connectivity index (χ0n) is 10.4. The average Bonchev–Trinajstić information content (AvgIpc) is 2.28. The fourth-order valence-electron chi connectivity index (χ4n) is 1.59. The van der Waals surface area contributed by atoms with Gasteiger partial charge in [-0.15, -0.1) is 0 Å². The molecule has 0 bridgehead atoms. The van der Waals surface area contributed by atoms with Crippen molar-refractivity contribution in [3.63, 3.8) is 0 Å². The first-order valence-electron chi connectivity index (χ1n) is 5.54. The number of carboxylic acid groups (broad SMARTS) is 1. The van der Waals surface area contributed by atoms with E-state index in [2.05, 4.69) is 17.2 Å². The predicted octanol–water partition coefficient (Wildman–Crippen LogP) is 2.64. The minimum Gasteiger partial charge on any atom is -0.478 e. The molecule has 1 atom stereocenters. The van der Waals surface area contributed by atoms with Crippen molar-refractivity contribution in [3.8, 4) is 0 Å². The molecule has 1 rings (SSSR count). The number of hydrogen-bond donors (Lipinski definition) is 2. The molecule has 17 heavy (non-hydrogen) atoms.